The molecule has 0 N–H and O–H groups in total. The third-order valence-electron chi connectivity index (χ3n) is 3.22. The summed E-state index contributed by atoms with van der Waals surface area (Å²) >= 11 is 5.57. The van der Waals surface area contributed by atoms with E-state index < -0.39 is 0 Å². The Morgan fingerprint density at radius 1 is 1.50 bits per heavy atom. The van der Waals surface area contributed by atoms with Crippen molar-refractivity contribution < 1.29 is 4.79 Å². The Bertz CT molecular complexity index is 230. The zero-order valence-electron chi connectivity index (χ0n) is 7.86. The summed E-state index contributed by atoms with van der Waals surface area (Å²) < 4.78 is 0. The second-order valence-electron chi connectivity index (χ2n) is 4.22. The van der Waals surface area contributed by atoms with Crippen LogP contribution in [0.2, 0.25) is 0 Å². The summed E-state index contributed by atoms with van der Waals surface area (Å²) in [4.78, 5) is 11.6. The highest BCUT2D eigenvalue weighted by Crippen LogP contribution is 2.48. The zero-order chi connectivity index (χ0) is 9.41. The van der Waals surface area contributed by atoms with Crippen molar-refractivity contribution in [3.8, 4) is 0 Å². The lowest BCUT2D eigenvalue weighted by Gasteiger charge is -2.36. The fourth-order valence-electron chi connectivity index (χ4n) is 1.66. The summed E-state index contributed by atoms with van der Waals surface area (Å²) in [6.07, 6.45) is 5.01. The number of Topliss-reactive ketones (excluding diaryl/α,β-unsaturated/α-hetero) is 1. The Morgan fingerprint density at radius 2 is 2.08 bits per heavy atom. The highest BCUT2D eigenvalue weighted by Gasteiger charge is 2.46. The van der Waals surface area contributed by atoms with E-state index in [2.05, 4.69) is 26.0 Å². The number of hydrogen-bond acceptors (Lipinski definition) is 1. The summed E-state index contributed by atoms with van der Waals surface area (Å²) in [6, 6.07) is 0. The summed E-state index contributed by atoms with van der Waals surface area (Å²) in [5.74, 6) is 0.279. The molecule has 1 rings (SSSR count). The molecule has 0 bridgehead atoms. The van der Waals surface area contributed by atoms with Crippen LogP contribution in [0.4, 0.5) is 0 Å². The molecule has 0 unspecified atom stereocenters. The van der Waals surface area contributed by atoms with Crippen LogP contribution in [0.25, 0.3) is 0 Å². The molecule has 0 aromatic carbocycles. The summed E-state index contributed by atoms with van der Waals surface area (Å²) in [5, 5.41) is 0. The fourth-order valence-corrected chi connectivity index (χ4v) is 1.95. The quantitative estimate of drug-likeness (QED) is 0.479. The summed E-state index contributed by atoms with van der Waals surface area (Å²) in [7, 11) is 0. The van der Waals surface area contributed by atoms with Gasteiger partial charge in [-0.3, -0.25) is 4.79 Å². The van der Waals surface area contributed by atoms with E-state index in [1.165, 1.54) is 0 Å². The first-order chi connectivity index (χ1) is 5.44. The number of alkyl halides is 1. The molecule has 0 aromatic rings. The predicted octanol–water partition coefficient (Wildman–Crippen LogP) is 2.79. The number of hydrogen-bond donors (Lipinski definition) is 0. The van der Waals surface area contributed by atoms with Crippen molar-refractivity contribution in [1.29, 1.82) is 0 Å². The van der Waals surface area contributed by atoms with Crippen molar-refractivity contribution in [1.82, 2.24) is 0 Å². The molecule has 0 aromatic heterocycles. The van der Waals surface area contributed by atoms with Gasteiger partial charge < -0.3 is 0 Å². The van der Waals surface area contributed by atoms with Crippen molar-refractivity contribution in [2.45, 2.75) is 27.2 Å². The lowest BCUT2D eigenvalue weighted by atomic mass is 9.67. The van der Waals surface area contributed by atoms with Crippen LogP contribution < -0.4 is 0 Å². The van der Waals surface area contributed by atoms with Gasteiger partial charge in [0.1, 0.15) is 0 Å². The Balaban J connectivity index is 2.94. The van der Waals surface area contributed by atoms with E-state index in [0.717, 1.165) is 6.42 Å². The SMILES string of the molecule is CC1(C)C=CC[C@@]1(C)C(=O)CCl. The molecule has 1 aliphatic rings. The molecule has 68 valence electrons. The standard InChI is InChI=1S/C10H15ClO/c1-9(2)5-4-6-10(9,3)8(12)7-11/h4-5H,6-7H2,1-3H3/t10-/m0/s1. The Morgan fingerprint density at radius 3 is 2.42 bits per heavy atom. The van der Waals surface area contributed by atoms with Gasteiger partial charge in [-0.2, -0.15) is 0 Å². The molecule has 1 aliphatic carbocycles. The first-order valence-electron chi connectivity index (χ1n) is 4.21. The monoisotopic (exact) mass is 186 g/mol. The van der Waals surface area contributed by atoms with Gasteiger partial charge in [0, 0.05) is 5.41 Å². The van der Waals surface area contributed by atoms with Gasteiger partial charge in [0.05, 0.1) is 5.88 Å². The lowest BCUT2D eigenvalue weighted by molar-refractivity contribution is -0.129. The molecule has 12 heavy (non-hydrogen) atoms. The molecule has 0 aliphatic heterocycles. The van der Waals surface area contributed by atoms with E-state index in [1.54, 1.807) is 0 Å². The minimum atomic E-state index is -0.283. The molecule has 1 nitrogen and oxygen atoms in total. The molecule has 0 saturated carbocycles. The largest absolute Gasteiger partial charge is 0.298 e. The van der Waals surface area contributed by atoms with Gasteiger partial charge in [0.2, 0.25) is 0 Å². The Labute approximate surface area is 78.8 Å². The van der Waals surface area contributed by atoms with E-state index in [0.29, 0.717) is 0 Å². The number of ketones is 1. The first-order valence-corrected chi connectivity index (χ1v) is 4.74. The normalized spacial score (nSPS) is 32.3. The fraction of sp³-hybridized carbons (Fsp3) is 0.700. The maximum atomic E-state index is 11.6. The van der Waals surface area contributed by atoms with Crippen LogP contribution >= 0.6 is 11.6 Å². The predicted molar refractivity (Wildman–Crippen MR) is 51.4 cm³/mol. The van der Waals surface area contributed by atoms with Gasteiger partial charge in [-0.15, -0.1) is 11.6 Å². The highest BCUT2D eigenvalue weighted by molar-refractivity contribution is 6.28. The minimum absolute atomic E-state index is 0.0427. The van der Waals surface area contributed by atoms with Gasteiger partial charge in [0.25, 0.3) is 0 Å². The molecule has 2 heteroatoms. The van der Waals surface area contributed by atoms with Crippen LogP contribution in [-0.4, -0.2) is 11.7 Å². The van der Waals surface area contributed by atoms with Crippen molar-refractivity contribution in [2.75, 3.05) is 5.88 Å². The molecule has 0 spiro atoms. The van der Waals surface area contributed by atoms with Crippen LogP contribution in [0.1, 0.15) is 27.2 Å². The summed E-state index contributed by atoms with van der Waals surface area (Å²) in [6.45, 7) is 6.17. The molecule has 0 radical (unpaired) electrons. The maximum absolute atomic E-state index is 11.6. The summed E-state index contributed by atoms with van der Waals surface area (Å²) in [5.41, 5.74) is -0.326. The van der Waals surface area contributed by atoms with Crippen LogP contribution in [0.3, 0.4) is 0 Å². The number of carbonyl (C=O) groups is 1. The van der Waals surface area contributed by atoms with Crippen LogP contribution in [0.15, 0.2) is 12.2 Å². The first kappa shape index (κ1) is 9.79. The molecule has 0 fully saturated rings. The Kier molecular flexibility index (Phi) is 2.35. The average Bonchev–Trinajstić information content (AvgIpc) is 2.26. The second kappa shape index (κ2) is 2.88. The van der Waals surface area contributed by atoms with E-state index in [4.69, 9.17) is 11.6 Å². The maximum Gasteiger partial charge on any atom is 0.154 e. The van der Waals surface area contributed by atoms with Gasteiger partial charge in [-0.05, 0) is 11.8 Å². The number of rotatable bonds is 2. The van der Waals surface area contributed by atoms with Crippen LogP contribution in [-0.2, 0) is 4.79 Å². The number of halogens is 1. The van der Waals surface area contributed by atoms with Crippen LogP contribution in [0.5, 0.6) is 0 Å². The molecule has 0 saturated heterocycles. The molecule has 0 amide bonds. The second-order valence-corrected chi connectivity index (χ2v) is 4.48. The third kappa shape index (κ3) is 1.20. The van der Waals surface area contributed by atoms with Crippen LogP contribution in [0, 0.1) is 10.8 Å². The van der Waals surface area contributed by atoms with Crippen molar-refractivity contribution in [2.24, 2.45) is 10.8 Å². The van der Waals surface area contributed by atoms with Gasteiger partial charge in [0.15, 0.2) is 5.78 Å². The molecular formula is C10H15ClO. The topological polar surface area (TPSA) is 17.1 Å². The van der Waals surface area contributed by atoms with E-state index >= 15 is 0 Å². The van der Waals surface area contributed by atoms with Crippen molar-refractivity contribution in [3.63, 3.8) is 0 Å². The molecular weight excluding hydrogens is 172 g/mol. The van der Waals surface area contributed by atoms with Crippen molar-refractivity contribution in [3.05, 3.63) is 12.2 Å². The number of carbonyl (C=O) groups excluding carboxylic acids is 1. The van der Waals surface area contributed by atoms with Gasteiger partial charge in [-0.1, -0.05) is 32.9 Å². The van der Waals surface area contributed by atoms with E-state index in [9.17, 15) is 4.79 Å². The minimum Gasteiger partial charge on any atom is -0.298 e. The highest BCUT2D eigenvalue weighted by atomic mass is 35.5. The van der Waals surface area contributed by atoms with E-state index in [1.807, 2.05) is 6.92 Å². The zero-order valence-corrected chi connectivity index (χ0v) is 8.61. The molecule has 0 heterocycles. The third-order valence-corrected chi connectivity index (χ3v) is 3.46. The Hall–Kier alpha value is -0.300. The van der Waals surface area contributed by atoms with Gasteiger partial charge >= 0.3 is 0 Å². The van der Waals surface area contributed by atoms with Gasteiger partial charge in [-0.25, -0.2) is 0 Å². The smallest absolute Gasteiger partial charge is 0.154 e. The molecule has 1 atom stereocenters. The van der Waals surface area contributed by atoms with E-state index in [-0.39, 0.29) is 22.5 Å². The number of allylic oxidation sites excluding steroid dienone is 2. The lowest BCUT2D eigenvalue weighted by Crippen LogP contribution is -2.38. The average molecular weight is 187 g/mol. The van der Waals surface area contributed by atoms with Crippen molar-refractivity contribution >= 4 is 17.4 Å².